The summed E-state index contributed by atoms with van der Waals surface area (Å²) in [6, 6.07) is 0.149. The summed E-state index contributed by atoms with van der Waals surface area (Å²) < 4.78 is 13.0. The Morgan fingerprint density at radius 1 is 1.79 bits per heavy atom. The van der Waals surface area contributed by atoms with Crippen LogP contribution in [0, 0.1) is 12.9 Å². The average Bonchev–Trinajstić information content (AvgIpc) is 2.10. The van der Waals surface area contributed by atoms with Gasteiger partial charge in [0.05, 0.1) is 4.47 Å². The maximum absolute atomic E-state index is 12.9. The van der Waals surface area contributed by atoms with Gasteiger partial charge in [-0.1, -0.05) is 0 Å². The number of nitrogens with two attached hydrogens (primary N) is 1. The number of rotatable bonds is 2. The van der Waals surface area contributed by atoms with E-state index in [0.29, 0.717) is 5.56 Å². The molecule has 0 fully saturated rings. The molecule has 0 radical (unpaired) electrons. The van der Waals surface area contributed by atoms with Gasteiger partial charge >= 0.3 is 5.97 Å². The number of carboxylic acid groups (broad SMARTS) is 1. The van der Waals surface area contributed by atoms with Crippen LogP contribution < -0.4 is 5.73 Å². The van der Waals surface area contributed by atoms with Crippen LogP contribution >= 0.6 is 15.9 Å². The first-order valence-corrected chi connectivity index (χ1v) is 4.53. The van der Waals surface area contributed by atoms with Gasteiger partial charge in [0.2, 0.25) is 5.95 Å². The van der Waals surface area contributed by atoms with Crippen LogP contribution in [0.3, 0.4) is 0 Å². The number of carbonyl (C=O) groups is 1. The number of carboxylic acids is 1. The zero-order chi connectivity index (χ0) is 10.9. The Morgan fingerprint density at radius 3 is 2.86 bits per heavy atom. The van der Waals surface area contributed by atoms with Gasteiger partial charge in [0.15, 0.2) is 0 Å². The van der Waals surface area contributed by atoms with Gasteiger partial charge in [0.1, 0.15) is 6.04 Å². The Balaban J connectivity index is 3.22. The second kappa shape index (κ2) is 4.02. The summed E-state index contributed by atoms with van der Waals surface area (Å²) in [6.07, 6.45) is 0. The van der Waals surface area contributed by atoms with Crippen molar-refractivity contribution in [2.75, 3.05) is 0 Å². The number of pyridine rings is 1. The number of nitrogens with zero attached hydrogens (tertiary/aromatic N) is 1. The molecule has 4 nitrogen and oxygen atoms in total. The Hall–Kier alpha value is -1.01. The van der Waals surface area contributed by atoms with Crippen LogP contribution in [-0.4, -0.2) is 16.1 Å². The summed E-state index contributed by atoms with van der Waals surface area (Å²) in [5.74, 6) is -1.85. The molecule has 0 bridgehead atoms. The van der Waals surface area contributed by atoms with Gasteiger partial charge in [0, 0.05) is 11.3 Å². The zero-order valence-electron chi connectivity index (χ0n) is 7.29. The maximum atomic E-state index is 12.9. The molecule has 0 aliphatic heterocycles. The summed E-state index contributed by atoms with van der Waals surface area (Å²) in [4.78, 5) is 14.1. The number of hydrogen-bond acceptors (Lipinski definition) is 3. The van der Waals surface area contributed by atoms with E-state index in [2.05, 4.69) is 20.9 Å². The van der Waals surface area contributed by atoms with Gasteiger partial charge < -0.3 is 10.8 Å². The van der Waals surface area contributed by atoms with Crippen molar-refractivity contribution >= 4 is 21.9 Å². The first-order valence-electron chi connectivity index (χ1n) is 3.74. The molecule has 1 atom stereocenters. The molecule has 76 valence electrons. The fraction of sp³-hybridized carbons (Fsp3) is 0.250. The third-order valence-corrected chi connectivity index (χ3v) is 2.32. The predicted molar refractivity (Wildman–Crippen MR) is 51.2 cm³/mol. The zero-order valence-corrected chi connectivity index (χ0v) is 8.88. The summed E-state index contributed by atoms with van der Waals surface area (Å²) >= 11 is 2.91. The largest absolute Gasteiger partial charge is 0.480 e. The van der Waals surface area contributed by atoms with Crippen molar-refractivity contribution in [2.24, 2.45) is 5.73 Å². The molecule has 6 heteroatoms. The van der Waals surface area contributed by atoms with E-state index in [-0.39, 0.29) is 10.2 Å². The van der Waals surface area contributed by atoms with Crippen LogP contribution in [0.4, 0.5) is 4.39 Å². The van der Waals surface area contributed by atoms with E-state index >= 15 is 0 Å². The number of halogens is 2. The van der Waals surface area contributed by atoms with Gasteiger partial charge in [-0.3, -0.25) is 4.79 Å². The fourth-order valence-corrected chi connectivity index (χ4v) is 1.35. The molecule has 0 saturated heterocycles. The van der Waals surface area contributed by atoms with E-state index in [1.165, 1.54) is 13.0 Å². The van der Waals surface area contributed by atoms with Crippen molar-refractivity contribution in [3.63, 3.8) is 0 Å². The SMILES string of the molecule is Cc1nc(F)c(Br)cc1C(N)C(=O)O. The molecule has 0 aromatic carbocycles. The Kier molecular flexibility index (Phi) is 3.17. The average molecular weight is 263 g/mol. The topological polar surface area (TPSA) is 76.2 Å². The second-order valence-electron chi connectivity index (χ2n) is 2.75. The molecule has 1 aromatic heterocycles. The number of aryl methyl sites for hydroxylation is 1. The van der Waals surface area contributed by atoms with Crippen molar-refractivity contribution in [3.05, 3.63) is 27.7 Å². The highest BCUT2D eigenvalue weighted by Crippen LogP contribution is 2.21. The highest BCUT2D eigenvalue weighted by molar-refractivity contribution is 9.10. The number of hydrogen-bond donors (Lipinski definition) is 2. The van der Waals surface area contributed by atoms with Crippen LogP contribution in [0.5, 0.6) is 0 Å². The lowest BCUT2D eigenvalue weighted by Crippen LogP contribution is -2.22. The van der Waals surface area contributed by atoms with Gasteiger partial charge in [-0.2, -0.15) is 4.39 Å². The summed E-state index contributed by atoms with van der Waals surface area (Å²) in [7, 11) is 0. The maximum Gasteiger partial charge on any atom is 0.325 e. The first-order chi connectivity index (χ1) is 6.43. The molecule has 0 aliphatic rings. The lowest BCUT2D eigenvalue weighted by Gasteiger charge is -2.10. The van der Waals surface area contributed by atoms with E-state index < -0.39 is 18.0 Å². The van der Waals surface area contributed by atoms with Crippen molar-refractivity contribution in [2.45, 2.75) is 13.0 Å². The molecule has 0 amide bonds. The second-order valence-corrected chi connectivity index (χ2v) is 3.61. The Bertz CT molecular complexity index is 384. The predicted octanol–water partition coefficient (Wildman–Crippen LogP) is 1.38. The minimum absolute atomic E-state index is 0.106. The van der Waals surface area contributed by atoms with Crippen molar-refractivity contribution in [1.29, 1.82) is 0 Å². The summed E-state index contributed by atoms with van der Waals surface area (Å²) in [5, 5.41) is 8.66. The molecule has 0 aliphatic carbocycles. The van der Waals surface area contributed by atoms with Crippen LogP contribution in [0.15, 0.2) is 10.5 Å². The Morgan fingerprint density at radius 2 is 2.36 bits per heavy atom. The molecule has 1 rings (SSSR count). The highest BCUT2D eigenvalue weighted by Gasteiger charge is 2.19. The molecule has 14 heavy (non-hydrogen) atoms. The van der Waals surface area contributed by atoms with Crippen molar-refractivity contribution < 1.29 is 14.3 Å². The van der Waals surface area contributed by atoms with Gasteiger partial charge in [-0.15, -0.1) is 0 Å². The number of aliphatic carboxylic acids is 1. The summed E-state index contributed by atoms with van der Waals surface area (Å²) in [5.41, 5.74) is 5.95. The van der Waals surface area contributed by atoms with Crippen LogP contribution in [0.25, 0.3) is 0 Å². The highest BCUT2D eigenvalue weighted by atomic mass is 79.9. The van der Waals surface area contributed by atoms with Crippen molar-refractivity contribution in [3.8, 4) is 0 Å². The normalized spacial score (nSPS) is 12.6. The standard InChI is InChI=1S/C8H8BrFN2O2/c1-3-4(6(11)8(13)14)2-5(9)7(10)12-3/h2,6H,11H2,1H3,(H,13,14). The quantitative estimate of drug-likeness (QED) is 0.790. The molecule has 0 spiro atoms. The van der Waals surface area contributed by atoms with E-state index in [9.17, 15) is 9.18 Å². The van der Waals surface area contributed by atoms with E-state index in [0.717, 1.165) is 0 Å². The smallest absolute Gasteiger partial charge is 0.325 e. The van der Waals surface area contributed by atoms with Gasteiger partial charge in [0.25, 0.3) is 0 Å². The van der Waals surface area contributed by atoms with Crippen LogP contribution in [0.2, 0.25) is 0 Å². The van der Waals surface area contributed by atoms with Gasteiger partial charge in [-0.25, -0.2) is 4.98 Å². The lowest BCUT2D eigenvalue weighted by atomic mass is 10.1. The third kappa shape index (κ3) is 2.08. The molecule has 3 N–H and O–H groups in total. The Labute approximate surface area is 88.1 Å². The molecular weight excluding hydrogens is 255 g/mol. The van der Waals surface area contributed by atoms with Gasteiger partial charge in [-0.05, 0) is 28.9 Å². The lowest BCUT2D eigenvalue weighted by molar-refractivity contribution is -0.138. The molecular formula is C8H8BrFN2O2. The van der Waals surface area contributed by atoms with Crippen molar-refractivity contribution in [1.82, 2.24) is 4.98 Å². The van der Waals surface area contributed by atoms with Crippen LogP contribution in [0.1, 0.15) is 17.3 Å². The molecule has 0 saturated carbocycles. The fourth-order valence-electron chi connectivity index (χ4n) is 1.01. The minimum Gasteiger partial charge on any atom is -0.480 e. The first kappa shape index (κ1) is 11.1. The number of aromatic nitrogens is 1. The molecule has 1 unspecified atom stereocenters. The summed E-state index contributed by atoms with van der Waals surface area (Å²) in [6.45, 7) is 1.51. The minimum atomic E-state index is -1.18. The molecule has 1 aromatic rings. The third-order valence-electron chi connectivity index (χ3n) is 1.76. The van der Waals surface area contributed by atoms with E-state index in [1.54, 1.807) is 0 Å². The van der Waals surface area contributed by atoms with E-state index in [4.69, 9.17) is 10.8 Å². The monoisotopic (exact) mass is 262 g/mol. The van der Waals surface area contributed by atoms with Crippen LogP contribution in [-0.2, 0) is 4.79 Å². The molecule has 1 heterocycles. The van der Waals surface area contributed by atoms with E-state index in [1.807, 2.05) is 0 Å².